The molecule has 8 nitrogen and oxygen atoms in total. The average Bonchev–Trinajstić information content (AvgIpc) is 3.22. The number of amides is 1. The highest BCUT2D eigenvalue weighted by Gasteiger charge is 2.30. The van der Waals surface area contributed by atoms with Crippen molar-refractivity contribution in [2.45, 2.75) is 56.7 Å². The first-order chi connectivity index (χ1) is 14.5. The number of hydrogen-bond acceptors (Lipinski definition) is 6. The highest BCUT2D eigenvalue weighted by Crippen LogP contribution is 2.21. The largest absolute Gasteiger partial charge is 0.438 e. The van der Waals surface area contributed by atoms with E-state index in [0.717, 1.165) is 44.6 Å². The Balaban J connectivity index is 1.53. The summed E-state index contributed by atoms with van der Waals surface area (Å²) in [5, 5.41) is -0.247. The molecule has 1 aliphatic rings. The minimum atomic E-state index is -3.82. The second-order valence-electron chi connectivity index (χ2n) is 9.03. The number of aromatic nitrogens is 1. The van der Waals surface area contributed by atoms with E-state index in [9.17, 15) is 13.2 Å². The van der Waals surface area contributed by atoms with E-state index in [2.05, 4.69) is 14.6 Å². The van der Waals surface area contributed by atoms with Crippen molar-refractivity contribution in [3.63, 3.8) is 0 Å². The maximum atomic E-state index is 12.9. The minimum Gasteiger partial charge on any atom is -0.438 e. The summed E-state index contributed by atoms with van der Waals surface area (Å²) in [7, 11) is -2.07. The first-order valence-corrected chi connectivity index (χ1v) is 12.1. The molecule has 3 heterocycles. The number of hydrogen-bond donors (Lipinski definition) is 1. The van der Waals surface area contributed by atoms with E-state index in [1.165, 1.54) is 12.1 Å². The second-order valence-corrected chi connectivity index (χ2v) is 10.6. The molecule has 0 bridgehead atoms. The molecule has 0 aromatic carbocycles. The Labute approximate surface area is 184 Å². The van der Waals surface area contributed by atoms with Gasteiger partial charge in [0.2, 0.25) is 5.09 Å². The number of likely N-dealkylation sites (tertiary alicyclic amines) is 1. The molecule has 0 aliphatic carbocycles. The minimum absolute atomic E-state index is 0.0364. The Morgan fingerprint density at radius 1 is 1.23 bits per heavy atom. The molecule has 1 N–H and O–H groups in total. The van der Waals surface area contributed by atoms with Gasteiger partial charge in [0.25, 0.3) is 15.9 Å². The van der Waals surface area contributed by atoms with Gasteiger partial charge >= 0.3 is 0 Å². The van der Waals surface area contributed by atoms with Crippen LogP contribution in [0, 0.1) is 0 Å². The van der Waals surface area contributed by atoms with Crippen molar-refractivity contribution < 1.29 is 17.6 Å². The van der Waals surface area contributed by atoms with Crippen LogP contribution in [0.25, 0.3) is 0 Å². The van der Waals surface area contributed by atoms with Crippen molar-refractivity contribution >= 4 is 15.9 Å². The standard InChI is InChI=1S/C22H32N4O4S/c1-22(2,3)24-31(28,29)20-9-8-19(30-20)21(27)25(4)18-11-15-26(16-12-18)14-10-17-7-5-6-13-23-17/h5-9,13,18,24H,10-12,14-16H2,1-4H3. The highest BCUT2D eigenvalue weighted by atomic mass is 32.2. The lowest BCUT2D eigenvalue weighted by atomic mass is 10.0. The number of nitrogens with one attached hydrogen (secondary N) is 1. The smallest absolute Gasteiger partial charge is 0.289 e. The molecular formula is C22H32N4O4S. The fraction of sp³-hybridized carbons (Fsp3) is 0.545. The van der Waals surface area contributed by atoms with Gasteiger partial charge in [-0.2, -0.15) is 0 Å². The molecule has 3 rings (SSSR count). The Morgan fingerprint density at radius 2 is 1.94 bits per heavy atom. The number of sulfonamides is 1. The topological polar surface area (TPSA) is 95.8 Å². The van der Waals surface area contributed by atoms with Gasteiger partial charge in [-0.15, -0.1) is 0 Å². The molecular weight excluding hydrogens is 416 g/mol. The lowest BCUT2D eigenvalue weighted by Crippen LogP contribution is -2.46. The molecule has 2 aromatic heterocycles. The van der Waals surface area contributed by atoms with E-state index in [-0.39, 0.29) is 22.8 Å². The molecule has 0 atom stereocenters. The van der Waals surface area contributed by atoms with Crippen molar-refractivity contribution in [3.8, 4) is 0 Å². The van der Waals surface area contributed by atoms with Gasteiger partial charge < -0.3 is 14.2 Å². The number of furan rings is 1. The molecule has 31 heavy (non-hydrogen) atoms. The van der Waals surface area contributed by atoms with Crippen LogP contribution in [0.3, 0.4) is 0 Å². The van der Waals surface area contributed by atoms with E-state index in [0.29, 0.717) is 0 Å². The van der Waals surface area contributed by atoms with Crippen LogP contribution in [0.5, 0.6) is 0 Å². The summed E-state index contributed by atoms with van der Waals surface area (Å²) in [6.07, 6.45) is 4.45. The van der Waals surface area contributed by atoms with E-state index in [1.54, 1.807) is 32.7 Å². The van der Waals surface area contributed by atoms with Crippen LogP contribution in [0.15, 0.2) is 46.0 Å². The van der Waals surface area contributed by atoms with Crippen molar-refractivity contribution in [1.29, 1.82) is 0 Å². The summed E-state index contributed by atoms with van der Waals surface area (Å²) in [4.78, 5) is 21.3. The zero-order chi connectivity index (χ0) is 22.6. The van der Waals surface area contributed by atoms with E-state index < -0.39 is 15.6 Å². The van der Waals surface area contributed by atoms with Crippen LogP contribution in [0.2, 0.25) is 0 Å². The first-order valence-electron chi connectivity index (χ1n) is 10.6. The van der Waals surface area contributed by atoms with Gasteiger partial charge in [-0.1, -0.05) is 6.07 Å². The Hall–Kier alpha value is -2.23. The average molecular weight is 449 g/mol. The molecule has 0 saturated carbocycles. The number of piperidine rings is 1. The molecule has 1 saturated heterocycles. The van der Waals surface area contributed by atoms with Crippen molar-refractivity contribution in [2.24, 2.45) is 0 Å². The monoisotopic (exact) mass is 448 g/mol. The molecule has 1 amide bonds. The van der Waals surface area contributed by atoms with Gasteiger partial charge in [0.15, 0.2) is 5.76 Å². The lowest BCUT2D eigenvalue weighted by molar-refractivity contribution is 0.0607. The summed E-state index contributed by atoms with van der Waals surface area (Å²) in [6, 6.07) is 8.80. The fourth-order valence-corrected chi connectivity index (χ4v) is 5.07. The predicted octanol–water partition coefficient (Wildman–Crippen LogP) is 2.53. The van der Waals surface area contributed by atoms with Gasteiger partial charge in [0.1, 0.15) is 0 Å². The number of rotatable bonds is 7. The zero-order valence-corrected chi connectivity index (χ0v) is 19.5. The normalized spacial score (nSPS) is 16.4. The Morgan fingerprint density at radius 3 is 2.55 bits per heavy atom. The molecule has 1 aliphatic heterocycles. The summed E-state index contributed by atoms with van der Waals surface area (Å²) < 4.78 is 32.8. The van der Waals surface area contributed by atoms with Crippen LogP contribution < -0.4 is 4.72 Å². The fourth-order valence-electron chi connectivity index (χ4n) is 3.72. The molecule has 1 fully saturated rings. The van der Waals surface area contributed by atoms with Crippen molar-refractivity contribution in [1.82, 2.24) is 19.5 Å². The SMILES string of the molecule is CN(C(=O)c1ccc(S(=O)(=O)NC(C)(C)C)o1)C1CCN(CCc2ccccn2)CC1. The van der Waals surface area contributed by atoms with Crippen LogP contribution in [-0.4, -0.2) is 67.4 Å². The second kappa shape index (κ2) is 9.50. The number of pyridine rings is 1. The molecule has 2 aromatic rings. The summed E-state index contributed by atoms with van der Waals surface area (Å²) in [5.41, 5.74) is 0.443. The summed E-state index contributed by atoms with van der Waals surface area (Å²) in [5.74, 6) is -0.265. The number of nitrogens with zero attached hydrogens (tertiary/aromatic N) is 3. The number of carbonyl (C=O) groups is 1. The Bertz CT molecular complexity index is 974. The van der Waals surface area contributed by atoms with Gasteiger partial charge in [0, 0.05) is 56.6 Å². The molecule has 0 spiro atoms. The maximum absolute atomic E-state index is 12.9. The highest BCUT2D eigenvalue weighted by molar-refractivity contribution is 7.89. The van der Waals surface area contributed by atoms with E-state index >= 15 is 0 Å². The lowest BCUT2D eigenvalue weighted by Gasteiger charge is -2.36. The third-order valence-electron chi connectivity index (χ3n) is 5.33. The van der Waals surface area contributed by atoms with Gasteiger partial charge in [-0.05, 0) is 57.9 Å². The molecule has 0 radical (unpaired) electrons. The van der Waals surface area contributed by atoms with Crippen molar-refractivity contribution in [2.75, 3.05) is 26.7 Å². The van der Waals surface area contributed by atoms with Gasteiger partial charge in [-0.3, -0.25) is 9.78 Å². The third-order valence-corrected chi connectivity index (χ3v) is 6.96. The van der Waals surface area contributed by atoms with E-state index in [1.807, 2.05) is 24.4 Å². The summed E-state index contributed by atoms with van der Waals surface area (Å²) >= 11 is 0. The van der Waals surface area contributed by atoms with Crippen LogP contribution in [-0.2, 0) is 16.4 Å². The first kappa shape index (κ1) is 23.4. The van der Waals surface area contributed by atoms with Crippen LogP contribution >= 0.6 is 0 Å². The van der Waals surface area contributed by atoms with Crippen molar-refractivity contribution in [3.05, 3.63) is 48.0 Å². The predicted molar refractivity (Wildman–Crippen MR) is 118 cm³/mol. The van der Waals surface area contributed by atoms with E-state index in [4.69, 9.17) is 4.42 Å². The van der Waals surface area contributed by atoms with Crippen LogP contribution in [0.1, 0.15) is 49.9 Å². The molecule has 0 unspecified atom stereocenters. The molecule has 9 heteroatoms. The third kappa shape index (κ3) is 6.38. The summed E-state index contributed by atoms with van der Waals surface area (Å²) in [6.45, 7) is 7.99. The Kier molecular flexibility index (Phi) is 7.18. The zero-order valence-electron chi connectivity index (χ0n) is 18.7. The maximum Gasteiger partial charge on any atom is 0.289 e. The van der Waals surface area contributed by atoms with Gasteiger partial charge in [0.05, 0.1) is 0 Å². The van der Waals surface area contributed by atoms with Gasteiger partial charge in [-0.25, -0.2) is 13.1 Å². The molecule has 170 valence electrons. The quantitative estimate of drug-likeness (QED) is 0.699. The number of carbonyl (C=O) groups excluding carboxylic acids is 1. The van der Waals surface area contributed by atoms with Crippen LogP contribution in [0.4, 0.5) is 0 Å².